The molecule has 4 amide bonds. The molecule has 158 valence electrons. The number of para-hydroxylation sites is 2. The number of barbiturate groups is 1. The Hall–Kier alpha value is -3.71. The standard InChI is InChI=1S/C25H19N3O3S/c1-25(2)17-9-6-8-15-14-7-4-5-10-19(14)28(20(15)17)23-18(25)12-13(32-23)11-16-21(29)26-24(31)27(3)22(16)30/h4-12H,1-3H3,(H,26,29,31)/b16-11-. The number of aromatic nitrogens is 1. The van der Waals surface area contributed by atoms with Crippen molar-refractivity contribution >= 4 is 57.1 Å². The number of imide groups is 2. The molecule has 0 bridgehead atoms. The van der Waals surface area contributed by atoms with Crippen molar-refractivity contribution in [3.8, 4) is 5.00 Å². The van der Waals surface area contributed by atoms with E-state index in [9.17, 15) is 14.4 Å². The summed E-state index contributed by atoms with van der Waals surface area (Å²) in [6.07, 6.45) is 1.59. The van der Waals surface area contributed by atoms with Crippen molar-refractivity contribution in [1.82, 2.24) is 14.8 Å². The van der Waals surface area contributed by atoms with Crippen molar-refractivity contribution in [1.29, 1.82) is 0 Å². The summed E-state index contributed by atoms with van der Waals surface area (Å²) in [5.74, 6) is -1.26. The lowest BCUT2D eigenvalue weighted by Gasteiger charge is -2.32. The largest absolute Gasteiger partial charge is 0.331 e. The Labute approximate surface area is 187 Å². The number of nitrogens with zero attached hydrogens (tertiary/aromatic N) is 2. The highest BCUT2D eigenvalue weighted by Gasteiger charge is 2.37. The highest BCUT2D eigenvalue weighted by atomic mass is 32.1. The Morgan fingerprint density at radius 2 is 1.72 bits per heavy atom. The molecule has 4 aromatic rings. The first kappa shape index (κ1) is 19.0. The molecule has 2 aliphatic heterocycles. The average Bonchev–Trinajstić information content (AvgIpc) is 3.34. The fourth-order valence-corrected chi connectivity index (χ4v) is 6.13. The lowest BCUT2D eigenvalue weighted by atomic mass is 9.76. The summed E-state index contributed by atoms with van der Waals surface area (Å²) >= 11 is 1.54. The van der Waals surface area contributed by atoms with E-state index in [1.165, 1.54) is 28.9 Å². The third kappa shape index (κ3) is 2.31. The van der Waals surface area contributed by atoms with Crippen LogP contribution in [-0.2, 0) is 15.0 Å². The van der Waals surface area contributed by atoms with Crippen molar-refractivity contribution in [3.63, 3.8) is 0 Å². The monoisotopic (exact) mass is 441 g/mol. The number of carbonyl (C=O) groups is 3. The van der Waals surface area contributed by atoms with E-state index < -0.39 is 17.8 Å². The number of benzene rings is 2. The SMILES string of the molecule is CN1C(=O)NC(=O)/C(=C/c2cc3c(s2)-n2c4ccccc4c4cccc(c42)C3(C)C)C1=O. The van der Waals surface area contributed by atoms with Gasteiger partial charge in [-0.15, -0.1) is 11.3 Å². The van der Waals surface area contributed by atoms with Crippen LogP contribution in [0, 0.1) is 0 Å². The predicted molar refractivity (Wildman–Crippen MR) is 125 cm³/mol. The number of amides is 4. The van der Waals surface area contributed by atoms with Crippen LogP contribution in [0.25, 0.3) is 32.9 Å². The van der Waals surface area contributed by atoms with Crippen molar-refractivity contribution in [2.75, 3.05) is 7.05 Å². The summed E-state index contributed by atoms with van der Waals surface area (Å²) < 4.78 is 2.30. The van der Waals surface area contributed by atoms with E-state index in [-0.39, 0.29) is 11.0 Å². The van der Waals surface area contributed by atoms with Gasteiger partial charge in [0, 0.05) is 28.1 Å². The highest BCUT2D eigenvalue weighted by molar-refractivity contribution is 7.15. The van der Waals surface area contributed by atoms with Gasteiger partial charge in [0.05, 0.1) is 11.0 Å². The first-order chi connectivity index (χ1) is 15.3. The molecule has 2 aromatic carbocycles. The molecule has 2 aliphatic rings. The molecule has 0 saturated carbocycles. The third-order valence-electron chi connectivity index (χ3n) is 6.57. The number of rotatable bonds is 1. The van der Waals surface area contributed by atoms with Gasteiger partial charge in [0.25, 0.3) is 11.8 Å². The number of nitrogens with one attached hydrogen (secondary N) is 1. The molecule has 6 nitrogen and oxygen atoms in total. The summed E-state index contributed by atoms with van der Waals surface area (Å²) in [6.45, 7) is 4.41. The molecule has 0 unspecified atom stereocenters. The quantitative estimate of drug-likeness (QED) is 0.347. The Balaban J connectivity index is 1.62. The zero-order chi connectivity index (χ0) is 22.4. The van der Waals surface area contributed by atoms with Crippen LogP contribution in [0.3, 0.4) is 0 Å². The minimum atomic E-state index is -0.708. The van der Waals surface area contributed by atoms with Gasteiger partial charge in [0.2, 0.25) is 0 Å². The van der Waals surface area contributed by atoms with Gasteiger partial charge in [0.15, 0.2) is 0 Å². The van der Waals surface area contributed by atoms with E-state index in [2.05, 4.69) is 66.2 Å². The number of thiophene rings is 1. The molecule has 1 N–H and O–H groups in total. The van der Waals surface area contributed by atoms with E-state index in [4.69, 9.17) is 0 Å². The van der Waals surface area contributed by atoms with Gasteiger partial charge >= 0.3 is 6.03 Å². The van der Waals surface area contributed by atoms with E-state index in [1.54, 1.807) is 17.4 Å². The summed E-state index contributed by atoms with van der Waals surface area (Å²) in [5, 5.41) is 5.71. The molecular formula is C25H19N3O3S. The maximum atomic E-state index is 12.6. The highest BCUT2D eigenvalue weighted by Crippen LogP contribution is 2.50. The van der Waals surface area contributed by atoms with Crippen molar-refractivity contribution in [2.24, 2.45) is 0 Å². The van der Waals surface area contributed by atoms with E-state index in [0.29, 0.717) is 0 Å². The number of carbonyl (C=O) groups excluding carboxylic acids is 3. The predicted octanol–water partition coefficient (Wildman–Crippen LogP) is 4.58. The maximum Gasteiger partial charge on any atom is 0.331 e. The van der Waals surface area contributed by atoms with Crippen molar-refractivity contribution < 1.29 is 14.4 Å². The molecular weight excluding hydrogens is 422 g/mol. The van der Waals surface area contributed by atoms with E-state index >= 15 is 0 Å². The third-order valence-corrected chi connectivity index (χ3v) is 7.63. The molecule has 1 fully saturated rings. The zero-order valence-corrected chi connectivity index (χ0v) is 18.5. The normalized spacial score (nSPS) is 18.5. The lowest BCUT2D eigenvalue weighted by molar-refractivity contribution is -0.129. The van der Waals surface area contributed by atoms with E-state index in [1.807, 2.05) is 6.07 Å². The van der Waals surface area contributed by atoms with Gasteiger partial charge < -0.3 is 4.57 Å². The summed E-state index contributed by atoms with van der Waals surface area (Å²) in [5.41, 5.74) is 4.42. The van der Waals surface area contributed by atoms with Crippen LogP contribution in [0.4, 0.5) is 4.79 Å². The molecule has 4 heterocycles. The first-order valence-corrected chi connectivity index (χ1v) is 11.1. The molecule has 1 saturated heterocycles. The van der Waals surface area contributed by atoms with Crippen LogP contribution in [0.2, 0.25) is 0 Å². The minimum Gasteiger partial charge on any atom is -0.300 e. The maximum absolute atomic E-state index is 12.6. The smallest absolute Gasteiger partial charge is 0.300 e. The van der Waals surface area contributed by atoms with Crippen LogP contribution < -0.4 is 5.32 Å². The Morgan fingerprint density at radius 1 is 0.969 bits per heavy atom. The zero-order valence-electron chi connectivity index (χ0n) is 17.7. The molecule has 32 heavy (non-hydrogen) atoms. The van der Waals surface area contributed by atoms with Crippen molar-refractivity contribution in [2.45, 2.75) is 19.3 Å². The fourth-order valence-electron chi connectivity index (χ4n) is 4.85. The summed E-state index contributed by atoms with van der Waals surface area (Å²) in [4.78, 5) is 38.4. The second-order valence-electron chi connectivity index (χ2n) is 8.73. The number of likely N-dealkylation sites (N-methyl/N-ethyl adjacent to an activating group) is 1. The topological polar surface area (TPSA) is 71.4 Å². The molecule has 0 spiro atoms. The van der Waals surface area contributed by atoms with Gasteiger partial charge in [-0.3, -0.25) is 19.8 Å². The van der Waals surface area contributed by atoms with Crippen LogP contribution in [0.15, 0.2) is 54.1 Å². The van der Waals surface area contributed by atoms with Gasteiger partial charge in [-0.1, -0.05) is 50.2 Å². The number of urea groups is 1. The Morgan fingerprint density at radius 3 is 2.53 bits per heavy atom. The van der Waals surface area contributed by atoms with E-state index in [0.717, 1.165) is 25.9 Å². The van der Waals surface area contributed by atoms with Crippen molar-refractivity contribution in [3.05, 3.63) is 70.1 Å². The van der Waals surface area contributed by atoms with Gasteiger partial charge in [0.1, 0.15) is 10.6 Å². The van der Waals surface area contributed by atoms with Gasteiger partial charge in [-0.25, -0.2) is 4.79 Å². The second kappa shape index (κ2) is 6.17. The molecule has 6 rings (SSSR count). The summed E-state index contributed by atoms with van der Waals surface area (Å²) in [6, 6.07) is 16.1. The molecule has 2 aromatic heterocycles. The molecule has 0 atom stereocenters. The molecule has 0 radical (unpaired) electrons. The van der Waals surface area contributed by atoms with Crippen LogP contribution in [0.5, 0.6) is 0 Å². The van der Waals surface area contributed by atoms with Gasteiger partial charge in [-0.05, 0) is 29.3 Å². The Bertz CT molecular complexity index is 1550. The lowest BCUT2D eigenvalue weighted by Crippen LogP contribution is -2.52. The van der Waals surface area contributed by atoms with Crippen LogP contribution >= 0.6 is 11.3 Å². The van der Waals surface area contributed by atoms with Crippen LogP contribution in [0.1, 0.15) is 29.9 Å². The fraction of sp³-hybridized carbons (Fsp3) is 0.160. The summed E-state index contributed by atoms with van der Waals surface area (Å²) in [7, 11) is 1.36. The average molecular weight is 442 g/mol. The number of fused-ring (bicyclic) bond motifs is 5. The first-order valence-electron chi connectivity index (χ1n) is 10.3. The minimum absolute atomic E-state index is 0.0384. The molecule has 7 heteroatoms. The number of hydrogen-bond donors (Lipinski definition) is 1. The second-order valence-corrected chi connectivity index (χ2v) is 9.79. The van der Waals surface area contributed by atoms with Gasteiger partial charge in [-0.2, -0.15) is 0 Å². The van der Waals surface area contributed by atoms with Crippen LogP contribution in [-0.4, -0.2) is 34.4 Å². The molecule has 0 aliphatic carbocycles. The Kier molecular flexibility index (Phi) is 3.67. The number of hydrogen-bond acceptors (Lipinski definition) is 4.